The fraction of sp³-hybridized carbons (Fsp3) is 0.500. The first-order valence-corrected chi connectivity index (χ1v) is 4.79. The molecule has 106 valence electrons. The Labute approximate surface area is 106 Å². The summed E-state index contributed by atoms with van der Waals surface area (Å²) in [6, 6.07) is 0. The minimum Gasteiger partial charge on any atom is -0.485 e. The molecule has 0 heterocycles. The molecule has 0 aromatic rings. The Morgan fingerprint density at radius 1 is 1.11 bits per heavy atom. The summed E-state index contributed by atoms with van der Waals surface area (Å²) in [7, 11) is -2.49. The van der Waals surface area contributed by atoms with Gasteiger partial charge in [0.05, 0.1) is 12.8 Å². The van der Waals surface area contributed by atoms with E-state index in [2.05, 4.69) is 9.39 Å². The standard InChI is InChI=1S/C8H11BO10/c1-4(10)18-5(11)2-8(15,7(13)14)3-6(12)19-9(16)17/h15-17H,2-3H2,1H3,(H,13,14). The predicted octanol–water partition coefficient (Wildman–Crippen LogP) is -2.82. The van der Waals surface area contributed by atoms with Crippen molar-refractivity contribution >= 4 is 31.2 Å². The maximum Gasteiger partial charge on any atom is 0.709 e. The van der Waals surface area contributed by atoms with Crippen LogP contribution in [0.15, 0.2) is 0 Å². The Morgan fingerprint density at radius 3 is 1.95 bits per heavy atom. The third-order valence-corrected chi connectivity index (χ3v) is 1.77. The van der Waals surface area contributed by atoms with Crippen molar-refractivity contribution in [3.8, 4) is 0 Å². The summed E-state index contributed by atoms with van der Waals surface area (Å²) in [5, 5.41) is 34.9. The maximum absolute atomic E-state index is 11.1. The van der Waals surface area contributed by atoms with E-state index < -0.39 is 49.6 Å². The lowest BCUT2D eigenvalue weighted by molar-refractivity contribution is -0.174. The topological polar surface area (TPSA) is 168 Å². The second kappa shape index (κ2) is 6.82. The van der Waals surface area contributed by atoms with Crippen LogP contribution in [0.5, 0.6) is 0 Å². The zero-order valence-electron chi connectivity index (χ0n) is 9.73. The number of aliphatic carboxylic acids is 1. The number of ether oxygens (including phenoxy) is 1. The molecule has 0 saturated carbocycles. The average molecular weight is 278 g/mol. The van der Waals surface area contributed by atoms with Crippen LogP contribution in [0, 0.1) is 0 Å². The fourth-order valence-electron chi connectivity index (χ4n) is 1.05. The minimum atomic E-state index is -2.89. The van der Waals surface area contributed by atoms with E-state index in [0.717, 1.165) is 6.92 Å². The third kappa shape index (κ3) is 6.50. The number of carboxylic acids is 1. The lowest BCUT2D eigenvalue weighted by atomic mass is 9.95. The summed E-state index contributed by atoms with van der Waals surface area (Å²) >= 11 is 0. The molecule has 0 aromatic heterocycles. The molecule has 0 bridgehead atoms. The quantitative estimate of drug-likeness (QED) is 0.226. The largest absolute Gasteiger partial charge is 0.709 e. The zero-order chi connectivity index (χ0) is 15.2. The first-order chi connectivity index (χ1) is 8.56. The zero-order valence-corrected chi connectivity index (χ0v) is 9.73. The number of aliphatic hydroxyl groups is 1. The summed E-state index contributed by atoms with van der Waals surface area (Å²) in [6.45, 7) is 0.883. The lowest BCUT2D eigenvalue weighted by Crippen LogP contribution is -2.44. The number of hydrogen-bond donors (Lipinski definition) is 4. The molecule has 0 aliphatic heterocycles. The highest BCUT2D eigenvalue weighted by atomic mass is 16.6. The first-order valence-electron chi connectivity index (χ1n) is 4.79. The highest BCUT2D eigenvalue weighted by Gasteiger charge is 2.42. The summed E-state index contributed by atoms with van der Waals surface area (Å²) in [5.41, 5.74) is -2.89. The monoisotopic (exact) mass is 278 g/mol. The maximum atomic E-state index is 11.1. The molecule has 4 N–H and O–H groups in total. The van der Waals surface area contributed by atoms with Gasteiger partial charge in [-0.1, -0.05) is 0 Å². The molecule has 1 unspecified atom stereocenters. The van der Waals surface area contributed by atoms with Gasteiger partial charge in [-0.2, -0.15) is 0 Å². The Morgan fingerprint density at radius 2 is 1.58 bits per heavy atom. The van der Waals surface area contributed by atoms with Gasteiger partial charge in [0.2, 0.25) is 0 Å². The van der Waals surface area contributed by atoms with Crippen molar-refractivity contribution in [3.63, 3.8) is 0 Å². The van der Waals surface area contributed by atoms with Gasteiger partial charge in [-0.25, -0.2) is 4.79 Å². The smallest absolute Gasteiger partial charge is 0.485 e. The van der Waals surface area contributed by atoms with Crippen LogP contribution in [0.25, 0.3) is 0 Å². The van der Waals surface area contributed by atoms with Gasteiger partial charge in [-0.15, -0.1) is 0 Å². The molecule has 0 radical (unpaired) electrons. The molecular weight excluding hydrogens is 267 g/mol. The van der Waals surface area contributed by atoms with E-state index in [-0.39, 0.29) is 0 Å². The molecule has 0 amide bonds. The highest BCUT2D eigenvalue weighted by Crippen LogP contribution is 2.18. The van der Waals surface area contributed by atoms with Crippen LogP contribution in [-0.2, 0) is 28.6 Å². The van der Waals surface area contributed by atoms with Gasteiger partial charge in [0.15, 0.2) is 5.60 Å². The summed E-state index contributed by atoms with van der Waals surface area (Å²) in [5.74, 6) is -5.81. The van der Waals surface area contributed by atoms with Crippen molar-refractivity contribution in [2.45, 2.75) is 25.4 Å². The molecule has 10 nitrogen and oxygen atoms in total. The first kappa shape index (κ1) is 17.0. The Balaban J connectivity index is 4.76. The molecule has 11 heteroatoms. The van der Waals surface area contributed by atoms with Gasteiger partial charge in [-0.3, -0.25) is 14.4 Å². The summed E-state index contributed by atoms with van der Waals surface area (Å²) in [6.07, 6.45) is -2.44. The molecule has 19 heavy (non-hydrogen) atoms. The lowest BCUT2D eigenvalue weighted by Gasteiger charge is -2.20. The highest BCUT2D eigenvalue weighted by molar-refractivity contribution is 6.35. The van der Waals surface area contributed by atoms with Crippen molar-refractivity contribution in [3.05, 3.63) is 0 Å². The summed E-state index contributed by atoms with van der Waals surface area (Å²) < 4.78 is 7.80. The second-order valence-electron chi connectivity index (χ2n) is 3.47. The van der Waals surface area contributed by atoms with Gasteiger partial charge in [0, 0.05) is 6.92 Å². The van der Waals surface area contributed by atoms with Crippen LogP contribution in [0.4, 0.5) is 0 Å². The van der Waals surface area contributed by atoms with Crippen molar-refractivity contribution in [2.24, 2.45) is 0 Å². The fourth-order valence-corrected chi connectivity index (χ4v) is 1.05. The SMILES string of the molecule is CC(=O)OC(=O)CC(O)(CC(=O)OB(O)O)C(=O)O. The van der Waals surface area contributed by atoms with Crippen LogP contribution < -0.4 is 0 Å². The van der Waals surface area contributed by atoms with Gasteiger partial charge in [0.25, 0.3) is 5.97 Å². The predicted molar refractivity (Wildman–Crippen MR) is 54.9 cm³/mol. The van der Waals surface area contributed by atoms with Crippen molar-refractivity contribution in [1.82, 2.24) is 0 Å². The molecule has 0 aliphatic carbocycles. The molecule has 0 spiro atoms. The number of esters is 2. The van der Waals surface area contributed by atoms with E-state index in [1.54, 1.807) is 0 Å². The van der Waals surface area contributed by atoms with E-state index in [9.17, 15) is 24.3 Å². The Bertz CT molecular complexity index is 391. The molecule has 0 fully saturated rings. The van der Waals surface area contributed by atoms with Crippen LogP contribution in [0.1, 0.15) is 19.8 Å². The van der Waals surface area contributed by atoms with Gasteiger partial charge < -0.3 is 29.7 Å². The molecular formula is C8H11BO10. The van der Waals surface area contributed by atoms with Crippen LogP contribution >= 0.6 is 0 Å². The van der Waals surface area contributed by atoms with Crippen LogP contribution in [0.2, 0.25) is 0 Å². The van der Waals surface area contributed by atoms with Crippen LogP contribution in [0.3, 0.4) is 0 Å². The summed E-state index contributed by atoms with van der Waals surface area (Å²) in [4.78, 5) is 43.3. The second-order valence-corrected chi connectivity index (χ2v) is 3.47. The number of carbonyl (C=O) groups excluding carboxylic acids is 3. The van der Waals surface area contributed by atoms with E-state index in [1.165, 1.54) is 0 Å². The molecule has 0 rings (SSSR count). The molecule has 0 saturated heterocycles. The van der Waals surface area contributed by atoms with E-state index >= 15 is 0 Å². The van der Waals surface area contributed by atoms with Gasteiger partial charge in [-0.05, 0) is 0 Å². The number of rotatable bonds is 6. The van der Waals surface area contributed by atoms with Crippen molar-refractivity contribution in [1.29, 1.82) is 0 Å². The minimum absolute atomic E-state index is 0.883. The number of carbonyl (C=O) groups is 4. The number of hydrogen-bond acceptors (Lipinski definition) is 9. The van der Waals surface area contributed by atoms with Gasteiger partial charge in [0.1, 0.15) is 0 Å². The molecule has 0 aromatic carbocycles. The van der Waals surface area contributed by atoms with Crippen molar-refractivity contribution < 1.29 is 48.8 Å². The average Bonchev–Trinajstić information content (AvgIpc) is 2.12. The third-order valence-electron chi connectivity index (χ3n) is 1.77. The van der Waals surface area contributed by atoms with E-state index in [4.69, 9.17) is 15.2 Å². The van der Waals surface area contributed by atoms with Crippen molar-refractivity contribution in [2.75, 3.05) is 0 Å². The Hall–Kier alpha value is -1.98. The number of carboxylic acid groups (broad SMARTS) is 1. The normalized spacial score (nSPS) is 13.1. The molecule has 1 atom stereocenters. The van der Waals surface area contributed by atoms with E-state index in [1.807, 2.05) is 0 Å². The Kier molecular flexibility index (Phi) is 6.11. The van der Waals surface area contributed by atoms with E-state index in [0.29, 0.717) is 0 Å². The van der Waals surface area contributed by atoms with Gasteiger partial charge >= 0.3 is 25.2 Å². The molecule has 0 aliphatic rings. The van der Waals surface area contributed by atoms with Crippen LogP contribution in [-0.4, -0.2) is 57.1 Å².